The van der Waals surface area contributed by atoms with Gasteiger partial charge in [-0.1, -0.05) is 6.92 Å². The zero-order valence-electron chi connectivity index (χ0n) is 13.0. The van der Waals surface area contributed by atoms with Crippen molar-refractivity contribution in [2.24, 2.45) is 0 Å². The molecule has 1 aromatic heterocycles. The van der Waals surface area contributed by atoms with E-state index in [0.29, 0.717) is 30.5 Å². The van der Waals surface area contributed by atoms with Crippen molar-refractivity contribution in [2.75, 3.05) is 17.2 Å². The number of aryl methyl sites for hydroxylation is 1. The maximum atomic E-state index is 11.3. The molecular weight excluding hydrogens is 280 g/mol. The first-order valence-corrected chi connectivity index (χ1v) is 7.26. The second-order valence-corrected chi connectivity index (χ2v) is 4.68. The van der Waals surface area contributed by atoms with Gasteiger partial charge in [-0.2, -0.15) is 4.98 Å². The molecule has 0 bridgehead atoms. The minimum Gasteiger partial charge on any atom is -0.478 e. The van der Waals surface area contributed by atoms with Crippen molar-refractivity contribution in [2.45, 2.75) is 27.2 Å². The molecular formula is C16H20N4O2. The summed E-state index contributed by atoms with van der Waals surface area (Å²) in [5.74, 6) is 1.85. The van der Waals surface area contributed by atoms with Crippen LogP contribution in [0.1, 0.15) is 26.1 Å². The molecule has 1 heterocycles. The summed E-state index contributed by atoms with van der Waals surface area (Å²) >= 11 is 0. The quantitative estimate of drug-likeness (QED) is 0.856. The van der Waals surface area contributed by atoms with E-state index in [1.165, 1.54) is 0 Å². The van der Waals surface area contributed by atoms with Gasteiger partial charge in [0, 0.05) is 23.9 Å². The Morgan fingerprint density at radius 1 is 1.14 bits per heavy atom. The maximum Gasteiger partial charge on any atom is 0.224 e. The molecule has 0 saturated heterocycles. The van der Waals surface area contributed by atoms with Crippen LogP contribution in [0, 0.1) is 6.92 Å². The van der Waals surface area contributed by atoms with Gasteiger partial charge in [-0.25, -0.2) is 4.98 Å². The van der Waals surface area contributed by atoms with Gasteiger partial charge in [0.15, 0.2) is 0 Å². The number of hydrogen-bond acceptors (Lipinski definition) is 5. The molecule has 0 aliphatic carbocycles. The van der Waals surface area contributed by atoms with Gasteiger partial charge in [-0.15, -0.1) is 0 Å². The Morgan fingerprint density at radius 2 is 1.82 bits per heavy atom. The van der Waals surface area contributed by atoms with Gasteiger partial charge in [-0.3, -0.25) is 4.79 Å². The summed E-state index contributed by atoms with van der Waals surface area (Å²) in [4.78, 5) is 19.9. The lowest BCUT2D eigenvalue weighted by Crippen LogP contribution is -2.09. The van der Waals surface area contributed by atoms with Crippen molar-refractivity contribution in [3.63, 3.8) is 0 Å². The molecule has 6 nitrogen and oxygen atoms in total. The van der Waals surface area contributed by atoms with E-state index >= 15 is 0 Å². The lowest BCUT2D eigenvalue weighted by Gasteiger charge is -2.10. The third-order valence-corrected chi connectivity index (χ3v) is 2.87. The zero-order valence-corrected chi connectivity index (χ0v) is 13.0. The van der Waals surface area contributed by atoms with Crippen LogP contribution in [0.25, 0.3) is 0 Å². The summed E-state index contributed by atoms with van der Waals surface area (Å²) in [5, 5.41) is 6.00. The van der Waals surface area contributed by atoms with Gasteiger partial charge >= 0.3 is 0 Å². The predicted molar refractivity (Wildman–Crippen MR) is 86.6 cm³/mol. The van der Waals surface area contributed by atoms with E-state index in [1.54, 1.807) is 6.07 Å². The number of nitrogens with zero attached hydrogens (tertiary/aromatic N) is 2. The number of carbonyl (C=O) groups is 1. The van der Waals surface area contributed by atoms with Crippen molar-refractivity contribution in [3.05, 3.63) is 36.2 Å². The molecule has 116 valence electrons. The van der Waals surface area contributed by atoms with Crippen molar-refractivity contribution in [1.82, 2.24) is 9.97 Å². The second kappa shape index (κ2) is 7.40. The van der Waals surface area contributed by atoms with Crippen LogP contribution in [0.4, 0.5) is 17.2 Å². The molecule has 0 saturated carbocycles. The van der Waals surface area contributed by atoms with Crippen LogP contribution in [0.2, 0.25) is 0 Å². The lowest BCUT2D eigenvalue weighted by atomic mass is 10.2. The van der Waals surface area contributed by atoms with Crippen LogP contribution in [-0.2, 0) is 4.79 Å². The summed E-state index contributed by atoms with van der Waals surface area (Å²) in [6.45, 7) is 6.10. The monoisotopic (exact) mass is 300 g/mol. The van der Waals surface area contributed by atoms with Crippen LogP contribution in [0.3, 0.4) is 0 Å². The summed E-state index contributed by atoms with van der Waals surface area (Å²) in [7, 11) is 0. The van der Waals surface area contributed by atoms with Crippen molar-refractivity contribution < 1.29 is 9.53 Å². The molecule has 0 radical (unpaired) electrons. The van der Waals surface area contributed by atoms with E-state index in [4.69, 9.17) is 4.74 Å². The second-order valence-electron chi connectivity index (χ2n) is 4.68. The van der Waals surface area contributed by atoms with Gasteiger partial charge in [-0.05, 0) is 38.1 Å². The molecule has 2 N–H and O–H groups in total. The molecule has 0 atom stereocenters. The number of carbonyl (C=O) groups excluding carboxylic acids is 1. The highest BCUT2D eigenvalue weighted by Crippen LogP contribution is 2.20. The summed E-state index contributed by atoms with van der Waals surface area (Å²) in [6.07, 6.45) is 0.459. The fourth-order valence-electron chi connectivity index (χ4n) is 1.86. The number of nitrogens with one attached hydrogen (secondary N) is 2. The highest BCUT2D eigenvalue weighted by Gasteiger charge is 2.04. The number of rotatable bonds is 6. The maximum absolute atomic E-state index is 11.3. The largest absolute Gasteiger partial charge is 0.478 e. The number of amides is 1. The van der Waals surface area contributed by atoms with Crippen molar-refractivity contribution >= 4 is 23.1 Å². The average molecular weight is 300 g/mol. The Hall–Kier alpha value is -2.63. The number of benzene rings is 1. The summed E-state index contributed by atoms with van der Waals surface area (Å²) < 4.78 is 5.40. The van der Waals surface area contributed by atoms with E-state index < -0.39 is 0 Å². The zero-order chi connectivity index (χ0) is 15.9. The van der Waals surface area contributed by atoms with E-state index in [-0.39, 0.29) is 5.91 Å². The molecule has 6 heteroatoms. The minimum absolute atomic E-state index is 0.00603. The van der Waals surface area contributed by atoms with E-state index in [1.807, 2.05) is 45.0 Å². The molecule has 1 aromatic carbocycles. The molecule has 22 heavy (non-hydrogen) atoms. The fourth-order valence-corrected chi connectivity index (χ4v) is 1.86. The topological polar surface area (TPSA) is 76.1 Å². The fraction of sp³-hybridized carbons (Fsp3) is 0.312. The first-order valence-electron chi connectivity index (χ1n) is 7.26. The number of hydrogen-bond donors (Lipinski definition) is 2. The Morgan fingerprint density at radius 3 is 2.45 bits per heavy atom. The molecule has 0 aliphatic rings. The molecule has 0 aliphatic heterocycles. The van der Waals surface area contributed by atoms with Gasteiger partial charge in [0.25, 0.3) is 0 Å². The van der Waals surface area contributed by atoms with E-state index in [2.05, 4.69) is 20.6 Å². The first kappa shape index (κ1) is 15.8. The number of aromatic nitrogens is 2. The van der Waals surface area contributed by atoms with Crippen molar-refractivity contribution in [1.29, 1.82) is 0 Å². The molecule has 0 unspecified atom stereocenters. The Labute approximate surface area is 129 Å². The van der Waals surface area contributed by atoms with Crippen molar-refractivity contribution in [3.8, 4) is 5.88 Å². The van der Waals surface area contributed by atoms with Gasteiger partial charge in [0.2, 0.25) is 11.8 Å². The smallest absolute Gasteiger partial charge is 0.224 e. The molecule has 0 spiro atoms. The average Bonchev–Trinajstić information content (AvgIpc) is 2.49. The van der Waals surface area contributed by atoms with E-state index in [0.717, 1.165) is 11.4 Å². The first-order chi connectivity index (χ1) is 10.6. The van der Waals surface area contributed by atoms with Crippen LogP contribution < -0.4 is 15.4 Å². The van der Waals surface area contributed by atoms with Crippen LogP contribution in [-0.4, -0.2) is 22.5 Å². The van der Waals surface area contributed by atoms with Crippen LogP contribution in [0.15, 0.2) is 30.3 Å². The normalized spacial score (nSPS) is 10.1. The number of anilines is 3. The molecule has 2 aromatic rings. The Bertz CT molecular complexity index is 641. The third kappa shape index (κ3) is 4.44. The highest BCUT2D eigenvalue weighted by molar-refractivity contribution is 5.90. The van der Waals surface area contributed by atoms with Crippen LogP contribution >= 0.6 is 0 Å². The standard InChI is InChI=1S/C16H20N4O2/c1-4-15(21)20-13-8-6-12(7-9-13)19-14-10-16(22-5-2)18-11(3)17-14/h6-10H,4-5H2,1-3H3,(H,20,21)(H,17,18,19). The molecule has 2 rings (SSSR count). The van der Waals surface area contributed by atoms with E-state index in [9.17, 15) is 4.79 Å². The Kier molecular flexibility index (Phi) is 5.30. The van der Waals surface area contributed by atoms with Gasteiger partial charge in [0.05, 0.1) is 6.61 Å². The highest BCUT2D eigenvalue weighted by atomic mass is 16.5. The molecule has 0 fully saturated rings. The Balaban J connectivity index is 2.09. The van der Waals surface area contributed by atoms with Gasteiger partial charge < -0.3 is 15.4 Å². The SMILES string of the molecule is CCOc1cc(Nc2ccc(NC(=O)CC)cc2)nc(C)n1. The summed E-state index contributed by atoms with van der Waals surface area (Å²) in [6, 6.07) is 9.19. The van der Waals surface area contributed by atoms with Crippen LogP contribution in [0.5, 0.6) is 5.88 Å². The minimum atomic E-state index is -0.00603. The summed E-state index contributed by atoms with van der Waals surface area (Å²) in [5.41, 5.74) is 1.64. The number of ether oxygens (including phenoxy) is 1. The lowest BCUT2D eigenvalue weighted by molar-refractivity contribution is -0.115. The third-order valence-electron chi connectivity index (χ3n) is 2.87. The van der Waals surface area contributed by atoms with Gasteiger partial charge in [0.1, 0.15) is 11.6 Å². The molecule has 1 amide bonds. The predicted octanol–water partition coefficient (Wildman–Crippen LogP) is 3.28.